The molecular weight excluding hydrogens is 296 g/mol. The molecule has 0 radical (unpaired) electrons. The maximum Gasteiger partial charge on any atom is 0.0355 e. The van der Waals surface area contributed by atoms with Crippen LogP contribution in [-0.4, -0.2) is 0 Å². The zero-order chi connectivity index (χ0) is 17.3. The topological polar surface area (TPSA) is 0 Å². The van der Waals surface area contributed by atoms with Gasteiger partial charge in [0.15, 0.2) is 0 Å². The lowest BCUT2D eigenvalue weighted by Crippen LogP contribution is -2.03. The molecule has 0 nitrogen and oxygen atoms in total. The van der Waals surface area contributed by atoms with Crippen LogP contribution in [0.3, 0.4) is 0 Å². The van der Waals surface area contributed by atoms with Gasteiger partial charge in [0.2, 0.25) is 0 Å². The highest BCUT2D eigenvalue weighted by Crippen LogP contribution is 2.34. The Kier molecular flexibility index (Phi) is 7.77. The van der Waals surface area contributed by atoms with Crippen LogP contribution >= 0.6 is 11.3 Å². The molecular formula is C22H28S. The molecule has 1 unspecified atom stereocenters. The quantitative estimate of drug-likeness (QED) is 0.493. The van der Waals surface area contributed by atoms with Gasteiger partial charge in [-0.3, -0.25) is 0 Å². The summed E-state index contributed by atoms with van der Waals surface area (Å²) in [5.74, 6) is 0. The molecule has 2 aromatic rings. The van der Waals surface area contributed by atoms with E-state index < -0.39 is 0 Å². The Morgan fingerprint density at radius 2 is 1.70 bits per heavy atom. The van der Waals surface area contributed by atoms with Crippen molar-refractivity contribution in [2.45, 2.75) is 34.6 Å². The largest absolute Gasteiger partial charge is 0.135 e. The molecule has 1 heterocycles. The average Bonchev–Trinajstić information content (AvgIpc) is 2.93. The number of thiophene rings is 1. The molecule has 23 heavy (non-hydrogen) atoms. The van der Waals surface area contributed by atoms with Crippen molar-refractivity contribution in [3.8, 4) is 0 Å². The third-order valence-corrected chi connectivity index (χ3v) is 4.71. The second kappa shape index (κ2) is 9.32. The van der Waals surface area contributed by atoms with Gasteiger partial charge >= 0.3 is 0 Å². The van der Waals surface area contributed by atoms with Crippen LogP contribution in [0.2, 0.25) is 0 Å². The van der Waals surface area contributed by atoms with Crippen LogP contribution in [0, 0.1) is 5.41 Å². The third-order valence-electron chi connectivity index (χ3n) is 3.56. The standard InChI is InChI=1S/C20H22S.C2H6/c1-5-10-18-17(13-15-20(4,7-3)14-6-2)16-11-8-9-12-19(16)21-18;1-2/h5-15H,3H2,1-2,4H3;1-2H3/b10-5-,14-6+,15-13+;. The molecule has 0 spiro atoms. The molecule has 0 saturated heterocycles. The Hall–Kier alpha value is -1.86. The predicted octanol–water partition coefficient (Wildman–Crippen LogP) is 7.74. The number of hydrogen-bond acceptors (Lipinski definition) is 1. The lowest BCUT2D eigenvalue weighted by Gasteiger charge is -2.15. The van der Waals surface area contributed by atoms with E-state index in [1.165, 1.54) is 20.5 Å². The molecule has 122 valence electrons. The molecule has 1 aromatic carbocycles. The fourth-order valence-electron chi connectivity index (χ4n) is 2.35. The van der Waals surface area contributed by atoms with Crippen molar-refractivity contribution in [3.63, 3.8) is 0 Å². The lowest BCUT2D eigenvalue weighted by atomic mass is 9.89. The molecule has 0 aliphatic rings. The number of fused-ring (bicyclic) bond motifs is 1. The van der Waals surface area contributed by atoms with Gasteiger partial charge in [-0.05, 0) is 32.9 Å². The van der Waals surface area contributed by atoms with Gasteiger partial charge in [-0.25, -0.2) is 0 Å². The SMILES string of the molecule is C=CC(C)(/C=C/C)/C=C/c1c(/C=C\C)sc2ccccc12.CC. The van der Waals surface area contributed by atoms with Gasteiger partial charge in [0.05, 0.1) is 0 Å². The minimum absolute atomic E-state index is 0.106. The molecule has 0 aliphatic heterocycles. The number of rotatable bonds is 5. The molecule has 1 heteroatoms. The first kappa shape index (κ1) is 19.2. The van der Waals surface area contributed by atoms with Gasteiger partial charge < -0.3 is 0 Å². The summed E-state index contributed by atoms with van der Waals surface area (Å²) in [4.78, 5) is 1.31. The normalized spacial score (nSPS) is 14.3. The fraction of sp³-hybridized carbons (Fsp3) is 0.273. The summed E-state index contributed by atoms with van der Waals surface area (Å²) in [5, 5.41) is 1.32. The van der Waals surface area contributed by atoms with E-state index in [4.69, 9.17) is 0 Å². The Balaban J connectivity index is 0.00000127. The van der Waals surface area contributed by atoms with Crippen molar-refractivity contribution in [2.24, 2.45) is 5.41 Å². The molecule has 2 rings (SSSR count). The summed E-state index contributed by atoms with van der Waals surface area (Å²) in [6.45, 7) is 14.2. The van der Waals surface area contributed by atoms with Gasteiger partial charge in [0.1, 0.15) is 0 Å². The second-order valence-electron chi connectivity index (χ2n) is 5.28. The molecule has 0 aliphatic carbocycles. The van der Waals surface area contributed by atoms with Crippen LogP contribution < -0.4 is 0 Å². The zero-order valence-electron chi connectivity index (χ0n) is 15.0. The van der Waals surface area contributed by atoms with Gasteiger partial charge in [0, 0.05) is 25.9 Å². The fourth-order valence-corrected chi connectivity index (χ4v) is 3.51. The van der Waals surface area contributed by atoms with Crippen molar-refractivity contribution in [3.05, 3.63) is 71.7 Å². The number of benzene rings is 1. The smallest absolute Gasteiger partial charge is 0.0355 e. The van der Waals surface area contributed by atoms with E-state index in [-0.39, 0.29) is 5.41 Å². The third kappa shape index (κ3) is 4.80. The highest BCUT2D eigenvalue weighted by Gasteiger charge is 2.13. The first-order chi connectivity index (χ1) is 11.1. The van der Waals surface area contributed by atoms with E-state index >= 15 is 0 Å². The highest BCUT2D eigenvalue weighted by atomic mass is 32.1. The summed E-state index contributed by atoms with van der Waals surface area (Å²) in [6.07, 6.45) is 15.0. The van der Waals surface area contributed by atoms with E-state index in [0.29, 0.717) is 0 Å². The van der Waals surface area contributed by atoms with Crippen LogP contribution in [-0.2, 0) is 0 Å². The summed E-state index contributed by atoms with van der Waals surface area (Å²) in [6, 6.07) is 8.58. The van der Waals surface area contributed by atoms with Crippen LogP contribution in [0.1, 0.15) is 45.1 Å². The molecule has 0 N–H and O–H groups in total. The number of hydrogen-bond donors (Lipinski definition) is 0. The number of allylic oxidation sites excluding steroid dienone is 5. The van der Waals surface area contributed by atoms with Crippen LogP contribution in [0.15, 0.2) is 61.2 Å². The maximum atomic E-state index is 3.96. The molecule has 0 bridgehead atoms. The lowest BCUT2D eigenvalue weighted by molar-refractivity contribution is 0.722. The van der Waals surface area contributed by atoms with Crippen molar-refractivity contribution < 1.29 is 0 Å². The Morgan fingerprint density at radius 3 is 2.30 bits per heavy atom. The van der Waals surface area contributed by atoms with Crippen LogP contribution in [0.25, 0.3) is 22.2 Å². The maximum absolute atomic E-state index is 3.96. The Morgan fingerprint density at radius 1 is 1.00 bits per heavy atom. The van der Waals surface area contributed by atoms with Crippen LogP contribution in [0.4, 0.5) is 0 Å². The van der Waals surface area contributed by atoms with E-state index in [2.05, 4.69) is 81.1 Å². The van der Waals surface area contributed by atoms with Gasteiger partial charge in [0.25, 0.3) is 0 Å². The first-order valence-electron chi connectivity index (χ1n) is 8.24. The van der Waals surface area contributed by atoms with E-state index in [0.717, 1.165) is 0 Å². The summed E-state index contributed by atoms with van der Waals surface area (Å²) >= 11 is 1.84. The summed E-state index contributed by atoms with van der Waals surface area (Å²) in [5.41, 5.74) is 1.19. The van der Waals surface area contributed by atoms with Crippen molar-refractivity contribution in [1.82, 2.24) is 0 Å². The predicted molar refractivity (Wildman–Crippen MR) is 110 cm³/mol. The van der Waals surface area contributed by atoms with Crippen molar-refractivity contribution in [2.75, 3.05) is 0 Å². The molecule has 0 fully saturated rings. The average molecular weight is 325 g/mol. The summed E-state index contributed by atoms with van der Waals surface area (Å²) in [7, 11) is 0. The van der Waals surface area contributed by atoms with E-state index in [9.17, 15) is 0 Å². The summed E-state index contributed by atoms with van der Waals surface area (Å²) < 4.78 is 1.33. The van der Waals surface area contributed by atoms with Gasteiger partial charge in [-0.2, -0.15) is 0 Å². The first-order valence-corrected chi connectivity index (χ1v) is 9.06. The van der Waals surface area contributed by atoms with E-state index in [1.54, 1.807) is 0 Å². The zero-order valence-corrected chi connectivity index (χ0v) is 15.8. The molecule has 0 saturated carbocycles. The Bertz CT molecular complexity index is 713. The minimum atomic E-state index is -0.106. The van der Waals surface area contributed by atoms with E-state index in [1.807, 2.05) is 38.2 Å². The van der Waals surface area contributed by atoms with Crippen molar-refractivity contribution in [1.29, 1.82) is 0 Å². The molecule has 0 amide bonds. The van der Waals surface area contributed by atoms with Gasteiger partial charge in [-0.1, -0.05) is 68.5 Å². The molecule has 1 aromatic heterocycles. The monoisotopic (exact) mass is 324 g/mol. The van der Waals surface area contributed by atoms with Gasteiger partial charge in [-0.15, -0.1) is 17.9 Å². The molecule has 1 atom stereocenters. The second-order valence-corrected chi connectivity index (χ2v) is 6.36. The van der Waals surface area contributed by atoms with Crippen LogP contribution in [0.5, 0.6) is 0 Å². The Labute approximate surface area is 145 Å². The minimum Gasteiger partial charge on any atom is -0.135 e. The highest BCUT2D eigenvalue weighted by molar-refractivity contribution is 7.20. The van der Waals surface area contributed by atoms with Crippen molar-refractivity contribution >= 4 is 33.6 Å².